The Bertz CT molecular complexity index is 727. The van der Waals surface area contributed by atoms with Gasteiger partial charge in [-0.05, 0) is 23.1 Å². The molecule has 2 amide bonds. The summed E-state index contributed by atoms with van der Waals surface area (Å²) in [6, 6.07) is 17.6. The molecule has 0 bridgehead atoms. The van der Waals surface area contributed by atoms with Crippen LogP contribution < -0.4 is 5.32 Å². The van der Waals surface area contributed by atoms with E-state index < -0.39 is 0 Å². The number of carbonyl (C=O) groups excluding carboxylic acids is 2. The molecule has 1 aliphatic heterocycles. The Morgan fingerprint density at radius 2 is 1.71 bits per heavy atom. The van der Waals surface area contributed by atoms with Gasteiger partial charge in [-0.2, -0.15) is 0 Å². The van der Waals surface area contributed by atoms with E-state index in [-0.39, 0.29) is 24.3 Å². The van der Waals surface area contributed by atoms with Crippen LogP contribution in [0.15, 0.2) is 54.6 Å². The number of rotatable bonds is 4. The summed E-state index contributed by atoms with van der Waals surface area (Å²) in [5.74, 6) is -0.0484. The number of nitrogens with one attached hydrogen (secondary N) is 1. The van der Waals surface area contributed by atoms with Crippen LogP contribution in [0.25, 0.3) is 0 Å². The molecule has 1 unspecified atom stereocenters. The standard InChI is InChI=1S/C20H22N2O2/c1-15(23)21-19(17-8-3-2-4-9-17)13-20(24)22-12-11-16-7-5-6-10-18(16)14-22/h2-10,19H,11-14H2,1H3,(H,21,23). The number of carbonyl (C=O) groups is 2. The highest BCUT2D eigenvalue weighted by Gasteiger charge is 2.24. The lowest BCUT2D eigenvalue weighted by Crippen LogP contribution is -2.38. The highest BCUT2D eigenvalue weighted by Crippen LogP contribution is 2.22. The molecule has 4 heteroatoms. The lowest BCUT2D eigenvalue weighted by Gasteiger charge is -2.30. The van der Waals surface area contributed by atoms with Crippen LogP contribution in [-0.2, 0) is 22.6 Å². The third-order valence-corrected chi connectivity index (χ3v) is 4.44. The van der Waals surface area contributed by atoms with E-state index in [1.807, 2.05) is 47.4 Å². The highest BCUT2D eigenvalue weighted by atomic mass is 16.2. The van der Waals surface area contributed by atoms with Gasteiger partial charge in [0.2, 0.25) is 11.8 Å². The highest BCUT2D eigenvalue weighted by molar-refractivity contribution is 5.79. The summed E-state index contributed by atoms with van der Waals surface area (Å²) in [7, 11) is 0. The van der Waals surface area contributed by atoms with Crippen molar-refractivity contribution in [1.29, 1.82) is 0 Å². The second-order valence-electron chi connectivity index (χ2n) is 6.20. The van der Waals surface area contributed by atoms with Crippen LogP contribution in [0.3, 0.4) is 0 Å². The van der Waals surface area contributed by atoms with E-state index in [2.05, 4.69) is 17.4 Å². The summed E-state index contributed by atoms with van der Waals surface area (Å²) in [5, 5.41) is 2.90. The first-order valence-electron chi connectivity index (χ1n) is 8.30. The zero-order valence-electron chi connectivity index (χ0n) is 13.9. The summed E-state index contributed by atoms with van der Waals surface area (Å²) < 4.78 is 0. The zero-order valence-corrected chi connectivity index (χ0v) is 13.9. The molecule has 0 radical (unpaired) electrons. The van der Waals surface area contributed by atoms with E-state index in [1.165, 1.54) is 18.1 Å². The summed E-state index contributed by atoms with van der Waals surface area (Å²) in [5.41, 5.74) is 3.49. The number of amides is 2. The van der Waals surface area contributed by atoms with E-state index in [0.717, 1.165) is 18.5 Å². The second-order valence-corrected chi connectivity index (χ2v) is 6.20. The van der Waals surface area contributed by atoms with Crippen molar-refractivity contribution >= 4 is 11.8 Å². The Kier molecular flexibility index (Phi) is 4.94. The Morgan fingerprint density at radius 3 is 2.42 bits per heavy atom. The van der Waals surface area contributed by atoms with Crippen molar-refractivity contribution in [2.75, 3.05) is 6.54 Å². The Morgan fingerprint density at radius 1 is 1.04 bits per heavy atom. The first kappa shape index (κ1) is 16.2. The largest absolute Gasteiger partial charge is 0.349 e. The predicted molar refractivity (Wildman–Crippen MR) is 93.2 cm³/mol. The first-order valence-corrected chi connectivity index (χ1v) is 8.30. The van der Waals surface area contributed by atoms with Gasteiger partial charge in [0.15, 0.2) is 0 Å². The SMILES string of the molecule is CC(=O)NC(CC(=O)N1CCc2ccccc2C1)c1ccccc1. The topological polar surface area (TPSA) is 49.4 Å². The van der Waals surface area contributed by atoms with Gasteiger partial charge in [-0.25, -0.2) is 0 Å². The van der Waals surface area contributed by atoms with Crippen LogP contribution in [0.1, 0.15) is 36.1 Å². The van der Waals surface area contributed by atoms with Crippen molar-refractivity contribution in [3.63, 3.8) is 0 Å². The van der Waals surface area contributed by atoms with Crippen LogP contribution in [0.2, 0.25) is 0 Å². The van der Waals surface area contributed by atoms with E-state index in [9.17, 15) is 9.59 Å². The van der Waals surface area contributed by atoms with Crippen LogP contribution in [0.4, 0.5) is 0 Å². The lowest BCUT2D eigenvalue weighted by atomic mass is 9.98. The van der Waals surface area contributed by atoms with Crippen LogP contribution in [0.5, 0.6) is 0 Å². The van der Waals surface area contributed by atoms with Crippen molar-refractivity contribution in [2.24, 2.45) is 0 Å². The fraction of sp³-hybridized carbons (Fsp3) is 0.300. The van der Waals surface area contributed by atoms with Crippen molar-refractivity contribution in [1.82, 2.24) is 10.2 Å². The fourth-order valence-electron chi connectivity index (χ4n) is 3.20. The normalized spacial score (nSPS) is 14.6. The summed E-state index contributed by atoms with van der Waals surface area (Å²) in [6.07, 6.45) is 1.17. The molecule has 4 nitrogen and oxygen atoms in total. The minimum absolute atomic E-state index is 0.0760. The lowest BCUT2D eigenvalue weighted by molar-refractivity contribution is -0.133. The molecule has 24 heavy (non-hydrogen) atoms. The van der Waals surface area contributed by atoms with E-state index in [4.69, 9.17) is 0 Å². The fourth-order valence-corrected chi connectivity index (χ4v) is 3.20. The zero-order chi connectivity index (χ0) is 16.9. The third kappa shape index (κ3) is 3.82. The molecule has 1 heterocycles. The quantitative estimate of drug-likeness (QED) is 0.941. The molecule has 1 aliphatic rings. The number of fused-ring (bicyclic) bond motifs is 1. The molecule has 0 fully saturated rings. The first-order chi connectivity index (χ1) is 11.6. The average molecular weight is 322 g/mol. The second kappa shape index (κ2) is 7.30. The van der Waals surface area contributed by atoms with Gasteiger partial charge in [-0.3, -0.25) is 9.59 Å². The average Bonchev–Trinajstić information content (AvgIpc) is 2.61. The van der Waals surface area contributed by atoms with Gasteiger partial charge < -0.3 is 10.2 Å². The minimum Gasteiger partial charge on any atom is -0.349 e. The van der Waals surface area contributed by atoms with Gasteiger partial charge in [0.1, 0.15) is 0 Å². The molecule has 2 aromatic carbocycles. The number of hydrogen-bond acceptors (Lipinski definition) is 2. The Labute approximate surface area is 142 Å². The molecule has 0 aliphatic carbocycles. The van der Waals surface area contributed by atoms with Gasteiger partial charge in [0.05, 0.1) is 12.5 Å². The molecular weight excluding hydrogens is 300 g/mol. The van der Waals surface area contributed by atoms with Gasteiger partial charge in [0.25, 0.3) is 0 Å². The molecular formula is C20H22N2O2. The van der Waals surface area contributed by atoms with Gasteiger partial charge >= 0.3 is 0 Å². The molecule has 2 aromatic rings. The van der Waals surface area contributed by atoms with Crippen molar-refractivity contribution in [3.05, 3.63) is 71.3 Å². The molecule has 1 N–H and O–H groups in total. The number of benzene rings is 2. The van der Waals surface area contributed by atoms with Crippen LogP contribution in [0, 0.1) is 0 Å². The van der Waals surface area contributed by atoms with Crippen molar-refractivity contribution < 1.29 is 9.59 Å². The Balaban J connectivity index is 1.71. The van der Waals surface area contributed by atoms with Crippen LogP contribution in [-0.4, -0.2) is 23.3 Å². The maximum Gasteiger partial charge on any atom is 0.225 e. The smallest absolute Gasteiger partial charge is 0.225 e. The third-order valence-electron chi connectivity index (χ3n) is 4.44. The molecule has 0 aromatic heterocycles. The maximum atomic E-state index is 12.7. The molecule has 0 saturated heterocycles. The molecule has 0 spiro atoms. The van der Waals surface area contributed by atoms with E-state index in [0.29, 0.717) is 6.54 Å². The summed E-state index contributed by atoms with van der Waals surface area (Å²) in [6.45, 7) is 2.87. The monoisotopic (exact) mass is 322 g/mol. The Hall–Kier alpha value is -2.62. The van der Waals surface area contributed by atoms with Crippen molar-refractivity contribution in [2.45, 2.75) is 32.4 Å². The molecule has 124 valence electrons. The van der Waals surface area contributed by atoms with E-state index >= 15 is 0 Å². The van der Waals surface area contributed by atoms with Gasteiger partial charge in [-0.1, -0.05) is 54.6 Å². The van der Waals surface area contributed by atoms with Crippen LogP contribution >= 0.6 is 0 Å². The van der Waals surface area contributed by atoms with Gasteiger partial charge in [0, 0.05) is 20.0 Å². The van der Waals surface area contributed by atoms with E-state index in [1.54, 1.807) is 0 Å². The molecule has 0 saturated carbocycles. The number of hydrogen-bond donors (Lipinski definition) is 1. The number of nitrogens with zero attached hydrogens (tertiary/aromatic N) is 1. The van der Waals surface area contributed by atoms with Crippen molar-refractivity contribution in [3.8, 4) is 0 Å². The minimum atomic E-state index is -0.284. The molecule has 3 rings (SSSR count). The summed E-state index contributed by atoms with van der Waals surface area (Å²) in [4.78, 5) is 26.1. The summed E-state index contributed by atoms with van der Waals surface area (Å²) >= 11 is 0. The molecule has 1 atom stereocenters. The maximum absolute atomic E-state index is 12.7. The van der Waals surface area contributed by atoms with Gasteiger partial charge in [-0.15, -0.1) is 0 Å². The predicted octanol–water partition coefficient (Wildman–Crippen LogP) is 2.84.